The third-order valence-corrected chi connectivity index (χ3v) is 5.78. The van der Waals surface area contributed by atoms with Crippen LogP contribution in [0.1, 0.15) is 44.7 Å². The average Bonchev–Trinajstić information content (AvgIpc) is 3.58. The van der Waals surface area contributed by atoms with E-state index in [1.807, 2.05) is 24.3 Å². The molecule has 170 valence electrons. The smallest absolute Gasteiger partial charge is 0.323 e. The van der Waals surface area contributed by atoms with Crippen LogP contribution >= 0.6 is 0 Å². The van der Waals surface area contributed by atoms with Crippen molar-refractivity contribution in [2.24, 2.45) is 0 Å². The number of hydrogen-bond donors (Lipinski definition) is 3. The fourth-order valence-corrected chi connectivity index (χ4v) is 3.75. The Morgan fingerprint density at radius 3 is 2.30 bits per heavy atom. The molecule has 33 heavy (non-hydrogen) atoms. The van der Waals surface area contributed by atoms with Gasteiger partial charge in [0.15, 0.2) is 0 Å². The molecule has 3 N–H and O–H groups in total. The Balaban J connectivity index is 1.46. The standard InChI is InChI=1S/C26H27N3O4/c1-25(2,3)19-7-4-5-9-21(19)33-22-20(8-6-16-27-22)29-24(32)28-18-12-10-17(11-13-18)26(14-15-26)23(30)31/h4-13,16H,14-15H2,1-3H3,(H,30,31)(H2,28,29,32). The molecule has 1 aliphatic carbocycles. The second kappa shape index (κ2) is 8.58. The fourth-order valence-electron chi connectivity index (χ4n) is 3.75. The van der Waals surface area contributed by atoms with Crippen LogP contribution in [0.3, 0.4) is 0 Å². The van der Waals surface area contributed by atoms with Crippen LogP contribution in [0.2, 0.25) is 0 Å². The van der Waals surface area contributed by atoms with Crippen LogP contribution in [-0.2, 0) is 15.6 Å². The Labute approximate surface area is 192 Å². The highest BCUT2D eigenvalue weighted by Crippen LogP contribution is 2.48. The van der Waals surface area contributed by atoms with Crippen molar-refractivity contribution in [1.29, 1.82) is 0 Å². The first-order chi connectivity index (χ1) is 15.7. The summed E-state index contributed by atoms with van der Waals surface area (Å²) >= 11 is 0. The molecule has 0 radical (unpaired) electrons. The number of anilines is 2. The largest absolute Gasteiger partial charge is 0.481 e. The van der Waals surface area contributed by atoms with Gasteiger partial charge in [0.1, 0.15) is 11.4 Å². The van der Waals surface area contributed by atoms with Gasteiger partial charge in [-0.3, -0.25) is 4.79 Å². The molecule has 0 unspecified atom stereocenters. The summed E-state index contributed by atoms with van der Waals surface area (Å²) in [5.41, 5.74) is 1.87. The van der Waals surface area contributed by atoms with Crippen LogP contribution < -0.4 is 15.4 Å². The quantitative estimate of drug-likeness (QED) is 0.436. The molecule has 0 bridgehead atoms. The Morgan fingerprint density at radius 1 is 0.970 bits per heavy atom. The molecule has 0 spiro atoms. The van der Waals surface area contributed by atoms with Gasteiger partial charge >= 0.3 is 12.0 Å². The van der Waals surface area contributed by atoms with E-state index in [9.17, 15) is 14.7 Å². The summed E-state index contributed by atoms with van der Waals surface area (Å²) < 4.78 is 6.09. The monoisotopic (exact) mass is 445 g/mol. The molecule has 7 nitrogen and oxygen atoms in total. The Bertz CT molecular complexity index is 1180. The number of amides is 2. The van der Waals surface area contributed by atoms with Gasteiger partial charge in [-0.25, -0.2) is 9.78 Å². The number of carboxylic acids is 1. The number of ether oxygens (including phenoxy) is 1. The zero-order valence-electron chi connectivity index (χ0n) is 18.9. The molecule has 3 aromatic rings. The van der Waals surface area contributed by atoms with E-state index in [2.05, 4.69) is 36.4 Å². The van der Waals surface area contributed by atoms with E-state index in [1.54, 1.807) is 42.6 Å². The van der Waals surface area contributed by atoms with Crippen LogP contribution in [0.5, 0.6) is 11.6 Å². The number of carbonyl (C=O) groups is 2. The summed E-state index contributed by atoms with van der Waals surface area (Å²) in [6.07, 6.45) is 2.88. The van der Waals surface area contributed by atoms with E-state index in [-0.39, 0.29) is 11.3 Å². The van der Waals surface area contributed by atoms with Crippen LogP contribution in [0.4, 0.5) is 16.2 Å². The number of benzene rings is 2. The van der Waals surface area contributed by atoms with Crippen LogP contribution in [0.25, 0.3) is 0 Å². The summed E-state index contributed by atoms with van der Waals surface area (Å²) in [5, 5.41) is 15.0. The first kappa shape index (κ1) is 22.3. The number of aliphatic carboxylic acids is 1. The minimum atomic E-state index is -0.807. The molecule has 1 fully saturated rings. The fraction of sp³-hybridized carbons (Fsp3) is 0.269. The number of hydrogen-bond acceptors (Lipinski definition) is 4. The van der Waals surface area contributed by atoms with E-state index < -0.39 is 17.4 Å². The number of pyridine rings is 1. The number of para-hydroxylation sites is 1. The SMILES string of the molecule is CC(C)(C)c1ccccc1Oc1ncccc1NC(=O)Nc1ccc(C2(C(=O)O)CC2)cc1. The molecule has 2 amide bonds. The number of rotatable bonds is 6. The molecule has 0 saturated heterocycles. The second-order valence-electron chi connectivity index (χ2n) is 9.25. The number of nitrogens with one attached hydrogen (secondary N) is 2. The lowest BCUT2D eigenvalue weighted by atomic mass is 9.86. The van der Waals surface area contributed by atoms with Crippen molar-refractivity contribution in [3.63, 3.8) is 0 Å². The Kier molecular flexibility index (Phi) is 5.80. The topological polar surface area (TPSA) is 101 Å². The van der Waals surface area contributed by atoms with Gasteiger partial charge in [-0.1, -0.05) is 51.1 Å². The molecular weight excluding hydrogens is 418 g/mol. The van der Waals surface area contributed by atoms with Crippen molar-refractivity contribution in [2.75, 3.05) is 10.6 Å². The molecule has 2 aromatic carbocycles. The van der Waals surface area contributed by atoms with Gasteiger partial charge in [0, 0.05) is 17.4 Å². The van der Waals surface area contributed by atoms with Gasteiger partial charge in [-0.15, -0.1) is 0 Å². The lowest BCUT2D eigenvalue weighted by molar-refractivity contribution is -0.140. The van der Waals surface area contributed by atoms with Crippen molar-refractivity contribution in [3.8, 4) is 11.6 Å². The van der Waals surface area contributed by atoms with Crippen molar-refractivity contribution in [1.82, 2.24) is 4.98 Å². The third kappa shape index (κ3) is 4.82. The Morgan fingerprint density at radius 2 is 1.67 bits per heavy atom. The lowest BCUT2D eigenvalue weighted by Crippen LogP contribution is -2.21. The number of urea groups is 1. The molecule has 1 heterocycles. The van der Waals surface area contributed by atoms with Crippen LogP contribution in [-0.4, -0.2) is 22.1 Å². The van der Waals surface area contributed by atoms with Crippen molar-refractivity contribution in [2.45, 2.75) is 44.4 Å². The minimum Gasteiger partial charge on any atom is -0.481 e. The lowest BCUT2D eigenvalue weighted by Gasteiger charge is -2.22. The van der Waals surface area contributed by atoms with Gasteiger partial charge in [0.2, 0.25) is 5.88 Å². The maximum Gasteiger partial charge on any atom is 0.323 e. The predicted octanol–water partition coefficient (Wildman–Crippen LogP) is 5.93. The maximum absolute atomic E-state index is 12.6. The zero-order valence-corrected chi connectivity index (χ0v) is 18.9. The van der Waals surface area contributed by atoms with E-state index in [0.717, 1.165) is 11.1 Å². The summed E-state index contributed by atoms with van der Waals surface area (Å²) in [6.45, 7) is 6.31. The normalized spacial score (nSPS) is 14.3. The van der Waals surface area contributed by atoms with E-state index >= 15 is 0 Å². The summed E-state index contributed by atoms with van der Waals surface area (Å²) in [6, 6.07) is 17.6. The van der Waals surface area contributed by atoms with E-state index in [0.29, 0.717) is 30.0 Å². The van der Waals surface area contributed by atoms with Gasteiger partial charge in [-0.2, -0.15) is 0 Å². The molecule has 0 atom stereocenters. The number of nitrogens with zero attached hydrogens (tertiary/aromatic N) is 1. The highest BCUT2D eigenvalue weighted by molar-refractivity contribution is 6.00. The van der Waals surface area contributed by atoms with E-state index in [1.165, 1.54) is 0 Å². The maximum atomic E-state index is 12.6. The molecule has 0 aliphatic heterocycles. The highest BCUT2D eigenvalue weighted by Gasteiger charge is 2.51. The van der Waals surface area contributed by atoms with Crippen molar-refractivity contribution in [3.05, 3.63) is 78.0 Å². The first-order valence-electron chi connectivity index (χ1n) is 10.8. The minimum absolute atomic E-state index is 0.123. The highest BCUT2D eigenvalue weighted by atomic mass is 16.5. The summed E-state index contributed by atoms with van der Waals surface area (Å²) in [4.78, 5) is 28.4. The van der Waals surface area contributed by atoms with Gasteiger partial charge < -0.3 is 20.5 Å². The van der Waals surface area contributed by atoms with Gasteiger partial charge in [0.25, 0.3) is 0 Å². The summed E-state index contributed by atoms with van der Waals surface area (Å²) in [7, 11) is 0. The number of carboxylic acid groups (broad SMARTS) is 1. The Hall–Kier alpha value is -3.87. The first-order valence-corrected chi connectivity index (χ1v) is 10.8. The summed E-state index contributed by atoms with van der Waals surface area (Å²) in [5.74, 6) is 0.158. The van der Waals surface area contributed by atoms with E-state index in [4.69, 9.17) is 4.74 Å². The average molecular weight is 446 g/mol. The van der Waals surface area contributed by atoms with Crippen molar-refractivity contribution >= 4 is 23.4 Å². The van der Waals surface area contributed by atoms with Gasteiger partial charge in [0.05, 0.1) is 5.41 Å². The molecule has 1 saturated carbocycles. The number of aromatic nitrogens is 1. The van der Waals surface area contributed by atoms with Gasteiger partial charge in [-0.05, 0) is 54.2 Å². The molecule has 4 rings (SSSR count). The van der Waals surface area contributed by atoms with Crippen LogP contribution in [0, 0.1) is 0 Å². The molecular formula is C26H27N3O4. The predicted molar refractivity (Wildman–Crippen MR) is 127 cm³/mol. The van der Waals surface area contributed by atoms with Crippen LogP contribution in [0.15, 0.2) is 66.9 Å². The molecule has 7 heteroatoms. The van der Waals surface area contributed by atoms with Crippen molar-refractivity contribution < 1.29 is 19.4 Å². The molecule has 1 aliphatic rings. The number of carbonyl (C=O) groups excluding carboxylic acids is 1. The third-order valence-electron chi connectivity index (χ3n) is 5.78. The zero-order chi connectivity index (χ0) is 23.6. The molecule has 1 aromatic heterocycles. The second-order valence-corrected chi connectivity index (χ2v) is 9.25.